The Hall–Kier alpha value is -1.06. The van der Waals surface area contributed by atoms with Crippen molar-refractivity contribution in [1.29, 1.82) is 0 Å². The second-order valence-corrected chi connectivity index (χ2v) is 5.68. The summed E-state index contributed by atoms with van der Waals surface area (Å²) in [7, 11) is 0. The smallest absolute Gasteiger partial charge is 0.233 e. The van der Waals surface area contributed by atoms with Crippen LogP contribution >= 0.6 is 11.6 Å². The van der Waals surface area contributed by atoms with Crippen LogP contribution in [0.25, 0.3) is 0 Å². The lowest BCUT2D eigenvalue weighted by Gasteiger charge is -2.39. The number of rotatable bonds is 3. The van der Waals surface area contributed by atoms with E-state index in [2.05, 4.69) is 0 Å². The van der Waals surface area contributed by atoms with Crippen molar-refractivity contribution < 1.29 is 9.53 Å². The van der Waals surface area contributed by atoms with Crippen LogP contribution in [-0.4, -0.2) is 42.5 Å². The van der Waals surface area contributed by atoms with E-state index in [-0.39, 0.29) is 11.9 Å². The normalized spacial score (nSPS) is 20.4. The summed E-state index contributed by atoms with van der Waals surface area (Å²) >= 11 is 5.94. The number of carbonyl (C=O) groups is 1. The number of carbonyl (C=O) groups excluding carboxylic acids is 1. The average molecular weight is 282 g/mol. The van der Waals surface area contributed by atoms with Gasteiger partial charge in [-0.1, -0.05) is 30.3 Å². The first kappa shape index (κ1) is 14.4. The Morgan fingerprint density at radius 1 is 1.42 bits per heavy atom. The van der Waals surface area contributed by atoms with Gasteiger partial charge in [0.2, 0.25) is 5.91 Å². The maximum absolute atomic E-state index is 12.8. The van der Waals surface area contributed by atoms with Crippen molar-refractivity contribution in [2.24, 2.45) is 0 Å². The van der Waals surface area contributed by atoms with E-state index in [1.165, 1.54) is 0 Å². The molecule has 1 fully saturated rings. The molecular weight excluding hydrogens is 262 g/mol. The Labute approximate surface area is 119 Å². The second-order valence-electron chi connectivity index (χ2n) is 5.37. The molecule has 0 aliphatic carbocycles. The van der Waals surface area contributed by atoms with Gasteiger partial charge in [0.25, 0.3) is 0 Å². The second kappa shape index (κ2) is 5.93. The Morgan fingerprint density at radius 3 is 2.74 bits per heavy atom. The third kappa shape index (κ3) is 2.93. The molecule has 1 unspecified atom stereocenters. The van der Waals surface area contributed by atoms with Crippen LogP contribution in [0.5, 0.6) is 0 Å². The van der Waals surface area contributed by atoms with Gasteiger partial charge in [-0.05, 0) is 19.4 Å². The van der Waals surface area contributed by atoms with Gasteiger partial charge in [0.05, 0.1) is 24.7 Å². The maximum atomic E-state index is 12.8. The number of benzene rings is 1. The molecule has 1 aromatic carbocycles. The van der Waals surface area contributed by atoms with Crippen LogP contribution < -0.4 is 0 Å². The molecule has 1 aliphatic heterocycles. The minimum absolute atomic E-state index is 0.0223. The summed E-state index contributed by atoms with van der Waals surface area (Å²) < 4.78 is 5.39. The van der Waals surface area contributed by atoms with Crippen LogP contribution in [0.2, 0.25) is 0 Å². The molecule has 3 nitrogen and oxygen atoms in total. The van der Waals surface area contributed by atoms with Crippen molar-refractivity contribution in [1.82, 2.24) is 4.90 Å². The van der Waals surface area contributed by atoms with Crippen molar-refractivity contribution in [2.75, 3.05) is 25.6 Å². The van der Waals surface area contributed by atoms with E-state index in [0.717, 1.165) is 5.56 Å². The molecule has 0 N–H and O–H groups in total. The molecule has 104 valence electrons. The maximum Gasteiger partial charge on any atom is 0.233 e. The fraction of sp³-hybridized carbons (Fsp3) is 0.533. The average Bonchev–Trinajstić information content (AvgIpc) is 2.47. The van der Waals surface area contributed by atoms with Gasteiger partial charge in [0, 0.05) is 12.4 Å². The standard InChI is InChI=1S/C15H20ClNO2/c1-15(2,12-6-4-3-5-7-12)14(18)17-8-9-19-11-13(17)10-16/h3-7,13H,8-11H2,1-2H3. The van der Waals surface area contributed by atoms with Crippen molar-refractivity contribution in [3.8, 4) is 0 Å². The number of hydrogen-bond donors (Lipinski definition) is 0. The molecule has 2 rings (SSSR count). The lowest BCUT2D eigenvalue weighted by atomic mass is 9.83. The Morgan fingerprint density at radius 2 is 2.11 bits per heavy atom. The topological polar surface area (TPSA) is 29.5 Å². The quantitative estimate of drug-likeness (QED) is 0.797. The molecule has 0 radical (unpaired) electrons. The first-order valence-corrected chi connectivity index (χ1v) is 7.11. The number of amides is 1. The summed E-state index contributed by atoms with van der Waals surface area (Å²) in [5, 5.41) is 0. The summed E-state index contributed by atoms with van der Waals surface area (Å²) in [6.07, 6.45) is 0. The van der Waals surface area contributed by atoms with Crippen molar-refractivity contribution in [2.45, 2.75) is 25.3 Å². The third-order valence-electron chi connectivity index (χ3n) is 3.70. The van der Waals surface area contributed by atoms with Crippen molar-refractivity contribution in [3.63, 3.8) is 0 Å². The van der Waals surface area contributed by atoms with Crippen molar-refractivity contribution >= 4 is 17.5 Å². The molecule has 1 saturated heterocycles. The molecule has 0 spiro atoms. The van der Waals surface area contributed by atoms with E-state index in [9.17, 15) is 4.79 Å². The van der Waals surface area contributed by atoms with Gasteiger partial charge >= 0.3 is 0 Å². The highest BCUT2D eigenvalue weighted by atomic mass is 35.5. The predicted octanol–water partition coefficient (Wildman–Crippen LogP) is 2.43. The summed E-state index contributed by atoms with van der Waals surface area (Å²) in [5.41, 5.74) is 0.489. The summed E-state index contributed by atoms with van der Waals surface area (Å²) in [6.45, 7) is 5.66. The van der Waals surface area contributed by atoms with E-state index in [0.29, 0.717) is 25.6 Å². The zero-order chi connectivity index (χ0) is 13.9. The van der Waals surface area contributed by atoms with Crippen molar-refractivity contribution in [3.05, 3.63) is 35.9 Å². The van der Waals surface area contributed by atoms with Crippen LogP contribution in [0, 0.1) is 0 Å². The monoisotopic (exact) mass is 281 g/mol. The lowest BCUT2D eigenvalue weighted by Crippen LogP contribution is -2.54. The molecule has 0 aromatic heterocycles. The van der Waals surface area contributed by atoms with Crippen LogP contribution in [0.15, 0.2) is 30.3 Å². The number of alkyl halides is 1. The van der Waals surface area contributed by atoms with E-state index >= 15 is 0 Å². The molecule has 0 saturated carbocycles. The molecule has 1 atom stereocenters. The van der Waals surface area contributed by atoms with E-state index in [1.54, 1.807) is 0 Å². The number of hydrogen-bond acceptors (Lipinski definition) is 2. The first-order chi connectivity index (χ1) is 9.07. The van der Waals surface area contributed by atoms with Crippen LogP contribution in [-0.2, 0) is 14.9 Å². The van der Waals surface area contributed by atoms with Gasteiger partial charge < -0.3 is 9.64 Å². The third-order valence-corrected chi connectivity index (χ3v) is 4.05. The molecule has 1 aliphatic rings. The van der Waals surface area contributed by atoms with E-state index < -0.39 is 5.41 Å². The zero-order valence-electron chi connectivity index (χ0n) is 11.4. The number of nitrogens with zero attached hydrogens (tertiary/aromatic N) is 1. The highest BCUT2D eigenvalue weighted by molar-refractivity contribution is 6.18. The number of halogens is 1. The van der Waals surface area contributed by atoms with Gasteiger partial charge in [0.1, 0.15) is 0 Å². The van der Waals surface area contributed by atoms with Crippen LogP contribution in [0.4, 0.5) is 0 Å². The highest BCUT2D eigenvalue weighted by Crippen LogP contribution is 2.27. The Bertz CT molecular complexity index is 433. The van der Waals surface area contributed by atoms with Gasteiger partial charge in [-0.15, -0.1) is 11.6 Å². The Kier molecular flexibility index (Phi) is 4.48. The molecular formula is C15H20ClNO2. The molecule has 1 amide bonds. The molecule has 1 heterocycles. The predicted molar refractivity (Wildman–Crippen MR) is 76.5 cm³/mol. The molecule has 19 heavy (non-hydrogen) atoms. The molecule has 1 aromatic rings. The summed E-state index contributed by atoms with van der Waals surface area (Å²) in [4.78, 5) is 14.7. The van der Waals surface area contributed by atoms with E-state index in [4.69, 9.17) is 16.3 Å². The lowest BCUT2D eigenvalue weighted by molar-refractivity contribution is -0.144. The largest absolute Gasteiger partial charge is 0.377 e. The highest BCUT2D eigenvalue weighted by Gasteiger charge is 2.37. The minimum atomic E-state index is -0.539. The van der Waals surface area contributed by atoms with Crippen LogP contribution in [0.1, 0.15) is 19.4 Å². The van der Waals surface area contributed by atoms with Gasteiger partial charge in [0.15, 0.2) is 0 Å². The number of ether oxygens (including phenoxy) is 1. The van der Waals surface area contributed by atoms with Gasteiger partial charge in [-0.3, -0.25) is 4.79 Å². The molecule has 4 heteroatoms. The summed E-state index contributed by atoms with van der Waals surface area (Å²) in [6, 6.07) is 9.85. The molecule has 0 bridgehead atoms. The van der Waals surface area contributed by atoms with E-state index in [1.807, 2.05) is 49.1 Å². The zero-order valence-corrected chi connectivity index (χ0v) is 12.2. The first-order valence-electron chi connectivity index (χ1n) is 6.57. The Balaban J connectivity index is 2.22. The fourth-order valence-electron chi connectivity index (χ4n) is 2.39. The van der Waals surface area contributed by atoms with Gasteiger partial charge in [-0.2, -0.15) is 0 Å². The fourth-order valence-corrected chi connectivity index (χ4v) is 2.64. The number of morpholine rings is 1. The SMILES string of the molecule is CC(C)(C(=O)N1CCOCC1CCl)c1ccccc1. The minimum Gasteiger partial charge on any atom is -0.377 e. The van der Waals surface area contributed by atoms with Crippen LogP contribution in [0.3, 0.4) is 0 Å². The summed E-state index contributed by atoms with van der Waals surface area (Å²) in [5.74, 6) is 0.531. The van der Waals surface area contributed by atoms with Gasteiger partial charge in [-0.25, -0.2) is 0 Å².